The van der Waals surface area contributed by atoms with Gasteiger partial charge in [0.1, 0.15) is 0 Å². The minimum atomic E-state index is -1.21. The van der Waals surface area contributed by atoms with E-state index in [4.69, 9.17) is 26.2 Å². The summed E-state index contributed by atoms with van der Waals surface area (Å²) in [7, 11) is 0. The van der Waals surface area contributed by atoms with Gasteiger partial charge in [0, 0.05) is 18.8 Å². The molecule has 0 unspecified atom stereocenters. The lowest BCUT2D eigenvalue weighted by Crippen LogP contribution is -2.50. The Hall–Kier alpha value is -1.33. The predicted molar refractivity (Wildman–Crippen MR) is 131 cm³/mol. The fourth-order valence-electron chi connectivity index (χ4n) is 3.73. The zero-order valence-electron chi connectivity index (χ0n) is 20.7. The van der Waals surface area contributed by atoms with Crippen LogP contribution in [0.15, 0.2) is 24.3 Å². The van der Waals surface area contributed by atoms with E-state index in [2.05, 4.69) is 6.92 Å². The predicted octanol–water partition coefficient (Wildman–Crippen LogP) is 1.09. The third-order valence-electron chi connectivity index (χ3n) is 6.16. The number of rotatable bonds is 15. The summed E-state index contributed by atoms with van der Waals surface area (Å²) >= 11 is 0. The quantitative estimate of drug-likeness (QED) is 0.123. The third kappa shape index (κ3) is 13.5. The van der Waals surface area contributed by atoms with Gasteiger partial charge >= 0.3 is 5.97 Å². The van der Waals surface area contributed by atoms with Crippen LogP contribution in [-0.4, -0.2) is 84.9 Å². The average molecular weight is 490 g/mol. The van der Waals surface area contributed by atoms with Gasteiger partial charge in [0.2, 0.25) is 0 Å². The molecule has 1 aliphatic rings. The second-order valence-corrected chi connectivity index (χ2v) is 9.61. The van der Waals surface area contributed by atoms with Crippen molar-refractivity contribution in [3.8, 4) is 0 Å². The summed E-state index contributed by atoms with van der Waals surface area (Å²) in [4.78, 5) is 10.5. The molecule has 0 radical (unpaired) electrons. The van der Waals surface area contributed by atoms with Gasteiger partial charge in [-0.1, -0.05) is 50.5 Å². The van der Waals surface area contributed by atoms with Crippen molar-refractivity contribution in [3.63, 3.8) is 0 Å². The SMILES string of the molecule is CCCCC[C@](C)(O)/C=C/[C@H]1[C@H](C/C=C/CCCC(=O)O)[C@H](O)C[C@@H]1O.NC(CO)(CO)CO. The van der Waals surface area contributed by atoms with Crippen molar-refractivity contribution in [2.45, 2.75) is 95.0 Å². The minimum absolute atomic E-state index is 0.0802. The van der Waals surface area contributed by atoms with Crippen molar-refractivity contribution >= 4 is 5.97 Å². The van der Waals surface area contributed by atoms with Gasteiger partial charge in [0.05, 0.1) is 43.2 Å². The van der Waals surface area contributed by atoms with Gasteiger partial charge < -0.3 is 41.5 Å². The summed E-state index contributed by atoms with van der Waals surface area (Å²) < 4.78 is 0. The number of aliphatic hydroxyl groups is 6. The molecule has 0 bridgehead atoms. The number of hydrogen-bond donors (Lipinski definition) is 8. The number of aliphatic carboxylic acids is 1. The summed E-state index contributed by atoms with van der Waals surface area (Å²) in [5, 5.41) is 64.6. The van der Waals surface area contributed by atoms with Gasteiger partial charge in [-0.15, -0.1) is 0 Å². The molecule has 0 spiro atoms. The summed E-state index contributed by atoms with van der Waals surface area (Å²) in [6, 6.07) is 0. The zero-order chi connectivity index (χ0) is 26.2. The van der Waals surface area contributed by atoms with Crippen LogP contribution in [0.1, 0.15) is 71.6 Å². The molecule has 0 aromatic carbocycles. The van der Waals surface area contributed by atoms with Gasteiger partial charge in [-0.05, 0) is 38.5 Å². The van der Waals surface area contributed by atoms with Crippen molar-refractivity contribution < 1.29 is 40.5 Å². The molecule has 0 heterocycles. The Kier molecular flexibility index (Phi) is 16.5. The minimum Gasteiger partial charge on any atom is -0.481 e. The van der Waals surface area contributed by atoms with Crippen LogP contribution in [0, 0.1) is 11.8 Å². The highest BCUT2D eigenvalue weighted by Gasteiger charge is 2.39. The Morgan fingerprint density at radius 2 is 1.65 bits per heavy atom. The van der Waals surface area contributed by atoms with E-state index in [1.807, 2.05) is 18.2 Å². The van der Waals surface area contributed by atoms with E-state index in [1.165, 1.54) is 0 Å². The number of unbranched alkanes of at least 4 members (excludes halogenated alkanes) is 3. The van der Waals surface area contributed by atoms with Gasteiger partial charge in [-0.2, -0.15) is 0 Å². The fraction of sp³-hybridized carbons (Fsp3) is 0.800. The Bertz CT molecular complexity index is 595. The second kappa shape index (κ2) is 17.2. The molecule has 1 saturated carbocycles. The molecular weight excluding hydrogens is 442 g/mol. The number of aliphatic hydroxyl groups excluding tert-OH is 5. The van der Waals surface area contributed by atoms with Crippen LogP contribution in [0.25, 0.3) is 0 Å². The molecule has 5 atom stereocenters. The Morgan fingerprint density at radius 3 is 2.15 bits per heavy atom. The summed E-state index contributed by atoms with van der Waals surface area (Å²) in [6.45, 7) is 2.70. The van der Waals surface area contributed by atoms with Crippen molar-refractivity contribution in [1.29, 1.82) is 0 Å². The summed E-state index contributed by atoms with van der Waals surface area (Å²) in [6.07, 6.45) is 12.7. The highest BCUT2D eigenvalue weighted by molar-refractivity contribution is 5.66. The van der Waals surface area contributed by atoms with Gasteiger partial charge in [0.25, 0.3) is 0 Å². The lowest BCUT2D eigenvalue weighted by molar-refractivity contribution is -0.137. The Balaban J connectivity index is 0.00000116. The van der Waals surface area contributed by atoms with E-state index in [1.54, 1.807) is 13.0 Å². The highest BCUT2D eigenvalue weighted by Crippen LogP contribution is 2.37. The number of nitrogens with two attached hydrogens (primary N) is 1. The lowest BCUT2D eigenvalue weighted by atomic mass is 9.88. The van der Waals surface area contributed by atoms with E-state index in [0.29, 0.717) is 32.1 Å². The van der Waals surface area contributed by atoms with E-state index in [-0.39, 0.29) is 18.3 Å². The number of carboxylic acids is 1. The molecule has 34 heavy (non-hydrogen) atoms. The lowest BCUT2D eigenvalue weighted by Gasteiger charge is -2.23. The van der Waals surface area contributed by atoms with Crippen molar-refractivity contribution in [1.82, 2.24) is 0 Å². The van der Waals surface area contributed by atoms with Crippen LogP contribution in [-0.2, 0) is 4.79 Å². The number of allylic oxidation sites excluding steroid dienone is 2. The van der Waals surface area contributed by atoms with E-state index >= 15 is 0 Å². The van der Waals surface area contributed by atoms with Gasteiger partial charge in [0.15, 0.2) is 0 Å². The van der Waals surface area contributed by atoms with Crippen LogP contribution in [0.4, 0.5) is 0 Å². The largest absolute Gasteiger partial charge is 0.481 e. The molecule has 1 aliphatic carbocycles. The first-order valence-corrected chi connectivity index (χ1v) is 12.2. The molecule has 1 fully saturated rings. The van der Waals surface area contributed by atoms with Crippen molar-refractivity contribution in [3.05, 3.63) is 24.3 Å². The van der Waals surface area contributed by atoms with Crippen LogP contribution in [0.2, 0.25) is 0 Å². The smallest absolute Gasteiger partial charge is 0.303 e. The van der Waals surface area contributed by atoms with Crippen LogP contribution in [0.3, 0.4) is 0 Å². The molecule has 0 saturated heterocycles. The standard InChI is InChI=1S/C21H36O5.C4H11NO3/c1-3-4-9-13-21(2,26)14-12-17-16(18(22)15-19(17)23)10-7-5-6-8-11-20(24)25;5-4(1-6,2-7)3-8/h5,7,12,14,16-19,22-23,26H,3-4,6,8-11,13,15H2,1-2H3,(H,24,25);6-8H,1-3,5H2/b7-5+,14-12+;/t16-,17-,18+,19-,21-;/m0./s1. The van der Waals surface area contributed by atoms with E-state index in [9.17, 15) is 20.1 Å². The molecule has 1 rings (SSSR count). The van der Waals surface area contributed by atoms with E-state index < -0.39 is 49.1 Å². The van der Waals surface area contributed by atoms with Crippen molar-refractivity contribution in [2.24, 2.45) is 17.6 Å². The molecule has 0 aromatic rings. The topological polar surface area (TPSA) is 185 Å². The van der Waals surface area contributed by atoms with Crippen LogP contribution < -0.4 is 5.73 Å². The second-order valence-electron chi connectivity index (χ2n) is 9.61. The molecule has 9 heteroatoms. The Morgan fingerprint density at radius 1 is 1.03 bits per heavy atom. The average Bonchev–Trinajstić information content (AvgIpc) is 3.06. The number of carbonyl (C=O) groups is 1. The fourth-order valence-corrected chi connectivity index (χ4v) is 3.73. The number of carboxylic acid groups (broad SMARTS) is 1. The molecule has 9 N–H and O–H groups in total. The first-order chi connectivity index (χ1) is 15.9. The third-order valence-corrected chi connectivity index (χ3v) is 6.16. The number of hydrogen-bond acceptors (Lipinski definition) is 8. The molecule has 200 valence electrons. The maximum atomic E-state index is 10.5. The van der Waals surface area contributed by atoms with Crippen LogP contribution >= 0.6 is 0 Å². The van der Waals surface area contributed by atoms with E-state index in [0.717, 1.165) is 19.3 Å². The van der Waals surface area contributed by atoms with Crippen LogP contribution in [0.5, 0.6) is 0 Å². The molecule has 9 nitrogen and oxygen atoms in total. The monoisotopic (exact) mass is 489 g/mol. The van der Waals surface area contributed by atoms with Crippen molar-refractivity contribution in [2.75, 3.05) is 19.8 Å². The summed E-state index contributed by atoms with van der Waals surface area (Å²) in [5.41, 5.74) is 3.05. The Labute approximate surface area is 203 Å². The maximum absolute atomic E-state index is 10.5. The maximum Gasteiger partial charge on any atom is 0.303 e. The first kappa shape index (κ1) is 32.7. The summed E-state index contributed by atoms with van der Waals surface area (Å²) in [5.74, 6) is -1.04. The highest BCUT2D eigenvalue weighted by atomic mass is 16.4. The molecule has 0 aliphatic heterocycles. The first-order valence-electron chi connectivity index (χ1n) is 12.2. The molecule has 0 amide bonds. The molecule has 0 aromatic heterocycles. The van der Waals surface area contributed by atoms with Gasteiger partial charge in [-0.3, -0.25) is 4.79 Å². The zero-order valence-corrected chi connectivity index (χ0v) is 20.7. The normalized spacial score (nSPS) is 24.9. The van der Waals surface area contributed by atoms with Gasteiger partial charge in [-0.25, -0.2) is 0 Å². The molecular formula is C25H47NO8.